The highest BCUT2D eigenvalue weighted by atomic mass is 16.2. The summed E-state index contributed by atoms with van der Waals surface area (Å²) in [6, 6.07) is 14.8. The highest BCUT2D eigenvalue weighted by Gasteiger charge is 2.20. The summed E-state index contributed by atoms with van der Waals surface area (Å²) >= 11 is 0. The molecule has 0 aromatic heterocycles. The Hall–Kier alpha value is -2.29. The lowest BCUT2D eigenvalue weighted by Gasteiger charge is -2.23. The van der Waals surface area contributed by atoms with Crippen LogP contribution in [0.3, 0.4) is 0 Å². The van der Waals surface area contributed by atoms with Crippen LogP contribution >= 0.6 is 0 Å². The topological polar surface area (TPSA) is 41.1 Å². The summed E-state index contributed by atoms with van der Waals surface area (Å²) in [5, 5.41) is 6.52. The van der Waals surface area contributed by atoms with Crippen LogP contribution in [0.5, 0.6) is 0 Å². The third kappa shape index (κ3) is 3.62. The molecule has 0 unspecified atom stereocenters. The number of hydrogen-bond donors (Lipinski definition) is 2. The van der Waals surface area contributed by atoms with Gasteiger partial charge in [-0.1, -0.05) is 49.6 Å². The summed E-state index contributed by atoms with van der Waals surface area (Å²) in [7, 11) is 0. The summed E-state index contributed by atoms with van der Waals surface area (Å²) in [5.41, 5.74) is 6.38. The molecular formula is C23H28N2O. The van der Waals surface area contributed by atoms with E-state index in [2.05, 4.69) is 53.1 Å². The molecule has 0 aliphatic heterocycles. The molecule has 1 amide bonds. The number of anilines is 1. The van der Waals surface area contributed by atoms with E-state index >= 15 is 0 Å². The average Bonchev–Trinajstić information content (AvgIpc) is 3.05. The second-order valence-corrected chi connectivity index (χ2v) is 7.82. The summed E-state index contributed by atoms with van der Waals surface area (Å²) in [6.45, 7) is 2.76. The van der Waals surface area contributed by atoms with Crippen LogP contribution in [0.15, 0.2) is 42.5 Å². The summed E-state index contributed by atoms with van der Waals surface area (Å²) in [6.07, 6.45) is 7.49. The molecule has 26 heavy (non-hydrogen) atoms. The quantitative estimate of drug-likeness (QED) is 0.698. The number of hydrogen-bond acceptors (Lipinski definition) is 2. The summed E-state index contributed by atoms with van der Waals surface area (Å²) in [5.74, 6) is 0.757. The van der Waals surface area contributed by atoms with Crippen LogP contribution in [-0.4, -0.2) is 18.5 Å². The van der Waals surface area contributed by atoms with Crippen molar-refractivity contribution in [1.82, 2.24) is 5.32 Å². The molecule has 0 radical (unpaired) electrons. The molecule has 0 heterocycles. The predicted octanol–water partition coefficient (Wildman–Crippen LogP) is 4.75. The Labute approximate surface area is 156 Å². The van der Waals surface area contributed by atoms with Crippen molar-refractivity contribution in [3.63, 3.8) is 0 Å². The number of amides is 1. The van der Waals surface area contributed by atoms with Gasteiger partial charge in [-0.3, -0.25) is 4.79 Å². The zero-order chi connectivity index (χ0) is 17.9. The minimum Gasteiger partial charge on any atom is -0.374 e. The van der Waals surface area contributed by atoms with Gasteiger partial charge >= 0.3 is 0 Å². The third-order valence-corrected chi connectivity index (χ3v) is 5.86. The Bertz CT molecular complexity index is 793. The lowest BCUT2D eigenvalue weighted by atomic mass is 9.89. The number of nitrogens with one attached hydrogen (secondary N) is 2. The molecule has 2 aliphatic rings. The Morgan fingerprint density at radius 2 is 1.81 bits per heavy atom. The molecule has 2 aliphatic carbocycles. The van der Waals surface area contributed by atoms with Gasteiger partial charge in [0.2, 0.25) is 5.91 Å². The van der Waals surface area contributed by atoms with E-state index < -0.39 is 0 Å². The predicted molar refractivity (Wildman–Crippen MR) is 107 cm³/mol. The number of benzene rings is 2. The van der Waals surface area contributed by atoms with Crippen LogP contribution in [0.4, 0.5) is 5.69 Å². The van der Waals surface area contributed by atoms with Crippen LogP contribution in [0.2, 0.25) is 0 Å². The first-order valence-electron chi connectivity index (χ1n) is 9.96. The largest absolute Gasteiger partial charge is 0.374 e. The smallest absolute Gasteiger partial charge is 0.242 e. The molecule has 2 aromatic rings. The summed E-state index contributed by atoms with van der Waals surface area (Å²) in [4.78, 5) is 12.4. The highest BCUT2D eigenvalue weighted by Crippen LogP contribution is 2.37. The lowest BCUT2D eigenvalue weighted by Crippen LogP contribution is -2.40. The van der Waals surface area contributed by atoms with Gasteiger partial charge in [0.05, 0.1) is 0 Å². The Balaban J connectivity index is 1.38. The molecular weight excluding hydrogens is 320 g/mol. The number of carbonyl (C=O) groups excluding carboxylic acids is 1. The standard InChI is InChI=1S/C23H28N2O/c1-16(23(26)24-15-17-7-3-2-4-8-17)25-20-12-11-19-13-18-9-5-6-10-21(18)22(19)14-20/h5-6,9-12,14,16-17,25H,2-4,7-8,13,15H2,1H3,(H,24,26)/t16-/m1/s1. The molecule has 2 N–H and O–H groups in total. The van der Waals surface area contributed by atoms with E-state index in [9.17, 15) is 4.79 Å². The molecule has 0 bridgehead atoms. The molecule has 0 spiro atoms. The van der Waals surface area contributed by atoms with E-state index in [4.69, 9.17) is 0 Å². The molecule has 4 rings (SSSR count). The minimum absolute atomic E-state index is 0.0940. The van der Waals surface area contributed by atoms with Crippen molar-refractivity contribution in [3.8, 4) is 11.1 Å². The monoisotopic (exact) mass is 348 g/mol. The second kappa shape index (κ2) is 7.53. The van der Waals surface area contributed by atoms with Crippen LogP contribution in [0, 0.1) is 5.92 Å². The molecule has 136 valence electrons. The Morgan fingerprint density at radius 1 is 1.04 bits per heavy atom. The lowest BCUT2D eigenvalue weighted by molar-refractivity contribution is -0.121. The summed E-state index contributed by atoms with van der Waals surface area (Å²) < 4.78 is 0. The molecule has 1 atom stereocenters. The van der Waals surface area contributed by atoms with E-state index in [1.807, 2.05) is 6.92 Å². The number of carbonyl (C=O) groups is 1. The van der Waals surface area contributed by atoms with Gasteiger partial charge in [0.15, 0.2) is 0 Å². The van der Waals surface area contributed by atoms with E-state index in [1.54, 1.807) is 0 Å². The van der Waals surface area contributed by atoms with Crippen LogP contribution in [0.1, 0.15) is 50.2 Å². The minimum atomic E-state index is -0.228. The van der Waals surface area contributed by atoms with Gasteiger partial charge in [-0.05, 0) is 66.5 Å². The van der Waals surface area contributed by atoms with Gasteiger partial charge in [0.1, 0.15) is 6.04 Å². The third-order valence-electron chi connectivity index (χ3n) is 5.86. The van der Waals surface area contributed by atoms with Gasteiger partial charge in [-0.25, -0.2) is 0 Å². The van der Waals surface area contributed by atoms with Crippen molar-refractivity contribution >= 4 is 11.6 Å². The molecule has 3 heteroatoms. The fraction of sp³-hybridized carbons (Fsp3) is 0.435. The van der Waals surface area contributed by atoms with E-state index in [1.165, 1.54) is 54.4 Å². The van der Waals surface area contributed by atoms with E-state index in [0.717, 1.165) is 18.7 Å². The molecule has 1 fully saturated rings. The first-order valence-corrected chi connectivity index (χ1v) is 9.96. The van der Waals surface area contributed by atoms with Crippen LogP contribution < -0.4 is 10.6 Å². The van der Waals surface area contributed by atoms with Crippen molar-refractivity contribution in [2.24, 2.45) is 5.92 Å². The maximum absolute atomic E-state index is 12.4. The van der Waals surface area contributed by atoms with Gasteiger partial charge < -0.3 is 10.6 Å². The van der Waals surface area contributed by atoms with Crippen molar-refractivity contribution < 1.29 is 4.79 Å². The maximum Gasteiger partial charge on any atom is 0.242 e. The van der Waals surface area contributed by atoms with Crippen LogP contribution in [0.25, 0.3) is 11.1 Å². The highest BCUT2D eigenvalue weighted by molar-refractivity contribution is 5.85. The molecule has 1 saturated carbocycles. The second-order valence-electron chi connectivity index (χ2n) is 7.82. The fourth-order valence-electron chi connectivity index (χ4n) is 4.32. The zero-order valence-corrected chi connectivity index (χ0v) is 15.6. The normalized spacial score (nSPS) is 17.3. The SMILES string of the molecule is C[C@@H](Nc1ccc2c(c1)-c1ccccc1C2)C(=O)NCC1CCCCC1. The van der Waals surface area contributed by atoms with Crippen molar-refractivity contribution in [2.75, 3.05) is 11.9 Å². The van der Waals surface area contributed by atoms with E-state index in [-0.39, 0.29) is 11.9 Å². The van der Waals surface area contributed by atoms with Crippen molar-refractivity contribution in [1.29, 1.82) is 0 Å². The van der Waals surface area contributed by atoms with Crippen molar-refractivity contribution in [3.05, 3.63) is 53.6 Å². The maximum atomic E-state index is 12.4. The van der Waals surface area contributed by atoms with Gasteiger partial charge in [-0.15, -0.1) is 0 Å². The first kappa shape index (κ1) is 17.1. The average molecular weight is 348 g/mol. The zero-order valence-electron chi connectivity index (χ0n) is 15.6. The van der Waals surface area contributed by atoms with Gasteiger partial charge in [0.25, 0.3) is 0 Å². The molecule has 3 nitrogen and oxygen atoms in total. The molecule has 2 aromatic carbocycles. The van der Waals surface area contributed by atoms with Gasteiger partial charge in [0, 0.05) is 12.2 Å². The van der Waals surface area contributed by atoms with Gasteiger partial charge in [-0.2, -0.15) is 0 Å². The van der Waals surface area contributed by atoms with Crippen LogP contribution in [-0.2, 0) is 11.2 Å². The van der Waals surface area contributed by atoms with E-state index in [0.29, 0.717) is 5.92 Å². The number of rotatable bonds is 5. The molecule has 0 saturated heterocycles. The fourth-order valence-corrected chi connectivity index (χ4v) is 4.32. The Kier molecular flexibility index (Phi) is 4.96. The Morgan fingerprint density at radius 3 is 2.65 bits per heavy atom. The number of fused-ring (bicyclic) bond motifs is 3. The first-order chi connectivity index (χ1) is 12.7. The van der Waals surface area contributed by atoms with Crippen molar-refractivity contribution in [2.45, 2.75) is 51.5 Å².